The minimum Gasteiger partial charge on any atom is -0.370 e. The predicted molar refractivity (Wildman–Crippen MR) is 78.5 cm³/mol. The Hall–Kier alpha value is -1.55. The summed E-state index contributed by atoms with van der Waals surface area (Å²) in [6.45, 7) is 3.94. The molecule has 0 spiro atoms. The molecule has 4 nitrogen and oxygen atoms in total. The average molecular weight is 263 g/mol. The Morgan fingerprint density at radius 3 is 2.74 bits per heavy atom. The summed E-state index contributed by atoms with van der Waals surface area (Å²) >= 11 is 0. The Labute approximate surface area is 118 Å². The lowest BCUT2D eigenvalue weighted by Gasteiger charge is -2.22. The van der Waals surface area contributed by atoms with Gasteiger partial charge < -0.3 is 15.1 Å². The molecule has 1 aliphatic rings. The molecule has 0 aromatic heterocycles. The third-order valence-electron chi connectivity index (χ3n) is 3.23. The fourth-order valence-corrected chi connectivity index (χ4v) is 2.09. The molecule has 0 unspecified atom stereocenters. The van der Waals surface area contributed by atoms with E-state index in [1.165, 1.54) is 4.90 Å². The molecule has 2 rings (SSSR count). The molecule has 0 aliphatic carbocycles. The van der Waals surface area contributed by atoms with Crippen molar-refractivity contribution in [3.8, 4) is 0 Å². The number of likely N-dealkylation sites (N-methyl/N-ethyl adjacent to an activating group) is 1. The highest BCUT2D eigenvalue weighted by atomic mass is 16.2. The van der Waals surface area contributed by atoms with E-state index >= 15 is 0 Å². The molecule has 19 heavy (non-hydrogen) atoms. The Morgan fingerprint density at radius 1 is 1.32 bits per heavy atom. The Balaban J connectivity index is 2.16. The Morgan fingerprint density at radius 2 is 2.05 bits per heavy atom. The molecule has 1 heterocycles. The number of nitrogens with zero attached hydrogens (tertiary/aromatic N) is 2. The van der Waals surface area contributed by atoms with Crippen molar-refractivity contribution < 1.29 is 7.54 Å². The molecule has 0 radical (unpaired) electrons. The number of benzene rings is 1. The van der Waals surface area contributed by atoms with Crippen LogP contribution in [0, 0.1) is 0 Å². The number of rotatable bonds is 3. The van der Waals surface area contributed by atoms with E-state index in [4.69, 9.17) is 2.74 Å². The van der Waals surface area contributed by atoms with Crippen LogP contribution in [0.5, 0.6) is 0 Å². The highest BCUT2D eigenvalue weighted by Gasteiger charge is 2.10. The van der Waals surface area contributed by atoms with Crippen LogP contribution in [0.4, 0.5) is 5.69 Å². The summed E-state index contributed by atoms with van der Waals surface area (Å²) in [6, 6.07) is 7.24. The van der Waals surface area contributed by atoms with Crippen LogP contribution in [-0.2, 0) is 11.2 Å². The fourth-order valence-electron chi connectivity index (χ4n) is 2.09. The van der Waals surface area contributed by atoms with E-state index in [1.807, 2.05) is 12.1 Å². The Kier molecular flexibility index (Phi) is 3.90. The van der Waals surface area contributed by atoms with E-state index < -0.39 is 12.3 Å². The summed E-state index contributed by atoms with van der Waals surface area (Å²) in [6.07, 6.45) is -0.885. The summed E-state index contributed by atoms with van der Waals surface area (Å²) in [5.74, 6) is -0.533. The molecule has 0 atom stereocenters. The van der Waals surface area contributed by atoms with E-state index in [0.29, 0.717) is 5.56 Å². The lowest BCUT2D eigenvalue weighted by atomic mass is 10.1. The molecule has 0 saturated carbocycles. The van der Waals surface area contributed by atoms with Crippen molar-refractivity contribution in [2.24, 2.45) is 0 Å². The summed E-state index contributed by atoms with van der Waals surface area (Å²) in [5.41, 5.74) is 1.48. The molecule has 1 aromatic rings. The number of hydrogen-bond donors (Lipinski definition) is 1. The average Bonchev–Trinajstić information content (AvgIpc) is 2.75. The Bertz CT molecular complexity index is 480. The van der Waals surface area contributed by atoms with Crippen LogP contribution >= 0.6 is 0 Å². The molecule has 0 bridgehead atoms. The summed E-state index contributed by atoms with van der Waals surface area (Å²) in [7, 11) is 3.14. The molecule has 104 valence electrons. The highest BCUT2D eigenvalue weighted by Crippen LogP contribution is 2.16. The number of hydrogen-bond acceptors (Lipinski definition) is 3. The molecule has 1 aliphatic heterocycles. The first-order chi connectivity index (χ1) is 9.93. The van der Waals surface area contributed by atoms with Crippen LogP contribution in [0.15, 0.2) is 24.3 Å². The van der Waals surface area contributed by atoms with Crippen LogP contribution in [0.3, 0.4) is 0 Å². The van der Waals surface area contributed by atoms with Gasteiger partial charge in [-0.05, 0) is 30.7 Å². The third-order valence-corrected chi connectivity index (χ3v) is 3.23. The molecule has 1 aromatic carbocycles. The lowest BCUT2D eigenvalue weighted by Crippen LogP contribution is -2.27. The van der Waals surface area contributed by atoms with Crippen molar-refractivity contribution in [2.45, 2.75) is 12.8 Å². The zero-order valence-corrected chi connectivity index (χ0v) is 11.6. The van der Waals surface area contributed by atoms with Crippen LogP contribution in [0.2, 0.25) is 0 Å². The maximum Gasteiger partial charge on any atom is 0.226 e. The van der Waals surface area contributed by atoms with E-state index in [9.17, 15) is 4.79 Å². The van der Waals surface area contributed by atoms with Crippen molar-refractivity contribution in [2.75, 3.05) is 45.2 Å². The van der Waals surface area contributed by atoms with Gasteiger partial charge in [0, 0.05) is 42.2 Å². The maximum atomic E-state index is 11.9. The quantitative estimate of drug-likeness (QED) is 0.887. The van der Waals surface area contributed by atoms with Crippen LogP contribution in [0.1, 0.15) is 14.7 Å². The number of amides is 1. The van der Waals surface area contributed by atoms with Crippen LogP contribution < -0.4 is 10.2 Å². The van der Waals surface area contributed by atoms with Crippen molar-refractivity contribution in [1.82, 2.24) is 10.2 Å². The first kappa shape index (κ1) is 11.3. The SMILES string of the molecule is [2H]C([2H])(C(=O)N(C)C)c1ccc(N2CCCNCC2)cc1. The predicted octanol–water partition coefficient (Wildman–Crippen LogP) is 1.12. The van der Waals surface area contributed by atoms with Gasteiger partial charge in [-0.3, -0.25) is 4.79 Å². The summed E-state index contributed by atoms with van der Waals surface area (Å²) in [5, 5.41) is 3.36. The maximum absolute atomic E-state index is 11.9. The molecule has 1 amide bonds. The van der Waals surface area contributed by atoms with Crippen molar-refractivity contribution in [1.29, 1.82) is 0 Å². The zero-order chi connectivity index (χ0) is 15.5. The first-order valence-corrected chi connectivity index (χ1v) is 6.71. The van der Waals surface area contributed by atoms with Gasteiger partial charge in [0.1, 0.15) is 0 Å². The topological polar surface area (TPSA) is 35.6 Å². The molecule has 1 saturated heterocycles. The standard InChI is InChI=1S/C15H23N3O/c1-17(2)15(19)12-13-4-6-14(7-5-13)18-10-3-8-16-9-11-18/h4-7,16H,3,8-12H2,1-2H3/i12D2. The van der Waals surface area contributed by atoms with Crippen LogP contribution in [0.25, 0.3) is 0 Å². The van der Waals surface area contributed by atoms with Gasteiger partial charge in [-0.15, -0.1) is 0 Å². The van der Waals surface area contributed by atoms with Gasteiger partial charge in [-0.25, -0.2) is 0 Å². The first-order valence-electron chi connectivity index (χ1n) is 7.71. The zero-order valence-electron chi connectivity index (χ0n) is 13.6. The van der Waals surface area contributed by atoms with E-state index in [2.05, 4.69) is 10.2 Å². The van der Waals surface area contributed by atoms with Gasteiger partial charge in [-0.1, -0.05) is 12.1 Å². The van der Waals surface area contributed by atoms with E-state index in [0.717, 1.165) is 38.3 Å². The number of carbonyl (C=O) groups excluding carboxylic acids is 1. The van der Waals surface area contributed by atoms with Crippen molar-refractivity contribution in [3.05, 3.63) is 29.8 Å². The minimum absolute atomic E-state index is 0.401. The van der Waals surface area contributed by atoms with Gasteiger partial charge in [-0.2, -0.15) is 0 Å². The van der Waals surface area contributed by atoms with E-state index in [-0.39, 0.29) is 0 Å². The second kappa shape index (κ2) is 6.57. The number of anilines is 1. The van der Waals surface area contributed by atoms with Crippen molar-refractivity contribution >= 4 is 11.6 Å². The second-order valence-corrected chi connectivity index (χ2v) is 4.96. The van der Waals surface area contributed by atoms with Gasteiger partial charge in [0.05, 0.1) is 6.37 Å². The number of carbonyl (C=O) groups is 1. The monoisotopic (exact) mass is 263 g/mol. The minimum atomic E-state index is -1.98. The van der Waals surface area contributed by atoms with Gasteiger partial charge in [0.2, 0.25) is 5.91 Å². The normalized spacial score (nSPS) is 18.3. The van der Waals surface area contributed by atoms with E-state index in [1.54, 1.807) is 26.2 Å². The smallest absolute Gasteiger partial charge is 0.226 e. The van der Waals surface area contributed by atoms with Gasteiger partial charge in [0.25, 0.3) is 0 Å². The fraction of sp³-hybridized carbons (Fsp3) is 0.533. The third kappa shape index (κ3) is 3.96. The summed E-state index contributed by atoms with van der Waals surface area (Å²) < 4.78 is 16.0. The molecule has 4 heteroatoms. The second-order valence-electron chi connectivity index (χ2n) is 4.96. The molecular formula is C15H23N3O. The largest absolute Gasteiger partial charge is 0.370 e. The van der Waals surface area contributed by atoms with Crippen molar-refractivity contribution in [3.63, 3.8) is 0 Å². The highest BCUT2D eigenvalue weighted by molar-refractivity contribution is 5.78. The van der Waals surface area contributed by atoms with Crippen LogP contribution in [-0.4, -0.2) is 51.1 Å². The summed E-state index contributed by atoms with van der Waals surface area (Å²) in [4.78, 5) is 15.5. The number of nitrogens with one attached hydrogen (secondary N) is 1. The lowest BCUT2D eigenvalue weighted by molar-refractivity contribution is -0.127. The molecular weight excluding hydrogens is 238 g/mol. The van der Waals surface area contributed by atoms with Gasteiger partial charge >= 0.3 is 0 Å². The van der Waals surface area contributed by atoms with Gasteiger partial charge in [0.15, 0.2) is 0 Å². The molecule has 1 N–H and O–H groups in total. The molecule has 1 fully saturated rings.